The summed E-state index contributed by atoms with van der Waals surface area (Å²) in [6.07, 6.45) is -1.30. The lowest BCUT2D eigenvalue weighted by Crippen LogP contribution is -2.10. The lowest BCUT2D eigenvalue weighted by Gasteiger charge is -2.09. The average molecular weight is 326 g/mol. The molecule has 0 radical (unpaired) electrons. The topological polar surface area (TPSA) is 63.6 Å². The number of hydrogen-bond acceptors (Lipinski definition) is 3. The number of carbonyl (C=O) groups excluding carboxylic acids is 1. The van der Waals surface area contributed by atoms with Crippen LogP contribution < -0.4 is 4.74 Å². The van der Waals surface area contributed by atoms with Crippen molar-refractivity contribution in [3.63, 3.8) is 0 Å². The van der Waals surface area contributed by atoms with Crippen molar-refractivity contribution in [2.45, 2.75) is 12.8 Å². The summed E-state index contributed by atoms with van der Waals surface area (Å²) in [5.41, 5.74) is -0.112. The first kappa shape index (κ1) is 10.4. The van der Waals surface area contributed by atoms with E-state index in [9.17, 15) is 18.4 Å². The number of ether oxygens (including phenoxy) is 1. The molecule has 0 aliphatic carbocycles. The van der Waals surface area contributed by atoms with Gasteiger partial charge < -0.3 is 9.84 Å². The molecule has 1 aromatic rings. The van der Waals surface area contributed by atoms with E-state index >= 15 is 0 Å². The molecule has 1 rings (SSSR count). The van der Waals surface area contributed by atoms with Crippen LogP contribution in [0.2, 0.25) is 0 Å². The van der Waals surface area contributed by atoms with Gasteiger partial charge in [-0.3, -0.25) is 9.59 Å². The Hall–Kier alpha value is -1.50. The number of aliphatic carboxylic acids is 1. The van der Waals surface area contributed by atoms with Gasteiger partial charge in [0.2, 0.25) is 5.82 Å². The molecule has 0 aromatic heterocycles. The highest BCUT2D eigenvalue weighted by Crippen LogP contribution is 2.30. The van der Waals surface area contributed by atoms with E-state index in [1.165, 1.54) is 0 Å². The Kier molecular flexibility index (Phi) is 3.42. The van der Waals surface area contributed by atoms with E-state index in [1.807, 2.05) is 0 Å². The number of hydrogen-bond donors (Lipinski definition) is 1. The summed E-state index contributed by atoms with van der Waals surface area (Å²) in [6, 6.07) is 0.842. The van der Waals surface area contributed by atoms with Crippen LogP contribution in [0, 0.1) is 11.6 Å². The Morgan fingerprint density at radius 2 is 2.17 bits per heavy atom. The Bertz CT molecular complexity index is 590. The second kappa shape index (κ2) is 5.90. The molecule has 4 nitrogen and oxygen atoms in total. The number of rotatable bonds is 5. The highest BCUT2D eigenvalue weighted by Gasteiger charge is 2.19. The van der Waals surface area contributed by atoms with Gasteiger partial charge in [0.05, 0.1) is 15.6 Å². The first-order chi connectivity index (χ1) is 9.51. The molecule has 0 saturated carbocycles. The number of ketones is 1. The van der Waals surface area contributed by atoms with E-state index in [4.69, 9.17) is 9.22 Å². The van der Waals surface area contributed by atoms with Gasteiger partial charge in [-0.15, -0.1) is 0 Å². The monoisotopic (exact) mass is 325 g/mol. The maximum atomic E-state index is 13.6. The molecule has 18 heavy (non-hydrogen) atoms. The predicted molar refractivity (Wildman–Crippen MR) is 61.6 cm³/mol. The molecule has 0 amide bonds. The molecule has 0 aliphatic rings. The van der Waals surface area contributed by atoms with Gasteiger partial charge in [0.15, 0.2) is 11.6 Å². The fourth-order valence-corrected chi connectivity index (χ4v) is 1.71. The largest absolute Gasteiger partial charge is 0.494 e. The van der Waals surface area contributed by atoms with Crippen molar-refractivity contribution in [1.29, 1.82) is 0 Å². The molecular weight excluding hydrogens is 314 g/mol. The first-order valence-corrected chi connectivity index (χ1v) is 5.39. The minimum absolute atomic E-state index is 0.112. The smallest absolute Gasteiger partial charge is 0.310 e. The molecule has 0 spiro atoms. The van der Waals surface area contributed by atoms with Crippen molar-refractivity contribution < 1.29 is 32.3 Å². The summed E-state index contributed by atoms with van der Waals surface area (Å²) in [6.45, 7) is 0. The average Bonchev–Trinajstić information content (AvgIpc) is 2.30. The first-order valence-electron chi connectivity index (χ1n) is 6.10. The van der Waals surface area contributed by atoms with Crippen molar-refractivity contribution in [2.24, 2.45) is 0 Å². The molecule has 0 unspecified atom stereocenters. The lowest BCUT2D eigenvalue weighted by atomic mass is 10.1. The van der Waals surface area contributed by atoms with Crippen molar-refractivity contribution in [2.75, 3.05) is 7.04 Å². The summed E-state index contributed by atoms with van der Waals surface area (Å²) < 4.78 is 51.7. The van der Waals surface area contributed by atoms with Crippen molar-refractivity contribution in [1.82, 2.24) is 0 Å². The Labute approximate surface area is 114 Å². The summed E-state index contributed by atoms with van der Waals surface area (Å²) in [4.78, 5) is 21.8. The molecule has 0 heterocycles. The molecule has 0 saturated heterocycles. The van der Waals surface area contributed by atoms with Gasteiger partial charge in [0.25, 0.3) is 0 Å². The van der Waals surface area contributed by atoms with Gasteiger partial charge in [-0.2, -0.15) is 4.39 Å². The summed E-state index contributed by atoms with van der Waals surface area (Å²) >= 11 is 2.73. The third kappa shape index (κ3) is 3.25. The number of Topliss-reactive ketones (excluding diaryl/α,β-unsaturated/α-hetero) is 1. The second-order valence-electron chi connectivity index (χ2n) is 3.36. The number of carboxylic acid groups (broad SMARTS) is 1. The van der Waals surface area contributed by atoms with E-state index in [0.717, 1.165) is 6.07 Å². The molecule has 0 aliphatic heterocycles. The standard InChI is InChI=1S/C11H9BrF2O4/c1-18-7-3-5(2-6(15)4-8(16)17)9(12)11(14)10(7)13/h3H,2,4H2,1H3,(H,16,17)/i1D3. The lowest BCUT2D eigenvalue weighted by molar-refractivity contribution is -0.140. The van der Waals surface area contributed by atoms with E-state index < -0.39 is 53.5 Å². The fraction of sp³-hybridized carbons (Fsp3) is 0.273. The quantitative estimate of drug-likeness (QED) is 0.666. The Morgan fingerprint density at radius 1 is 1.50 bits per heavy atom. The zero-order valence-electron chi connectivity index (χ0n) is 11.8. The van der Waals surface area contributed by atoms with Crippen molar-refractivity contribution >= 4 is 27.7 Å². The highest BCUT2D eigenvalue weighted by atomic mass is 79.9. The zero-order chi connectivity index (χ0) is 16.4. The summed E-state index contributed by atoms with van der Waals surface area (Å²) in [7, 11) is -3.00. The highest BCUT2D eigenvalue weighted by molar-refractivity contribution is 9.10. The summed E-state index contributed by atoms with van der Waals surface area (Å²) in [5.74, 6) is -5.94. The minimum Gasteiger partial charge on any atom is -0.494 e. The molecule has 1 aromatic carbocycles. The van der Waals surface area contributed by atoms with Crippen LogP contribution in [0.5, 0.6) is 5.75 Å². The van der Waals surface area contributed by atoms with Gasteiger partial charge in [-0.1, -0.05) is 0 Å². The van der Waals surface area contributed by atoms with Gasteiger partial charge in [0.1, 0.15) is 12.2 Å². The molecular formula is C11H9BrF2O4. The normalized spacial score (nSPS) is 13.4. The number of carbonyl (C=O) groups is 2. The van der Waals surface area contributed by atoms with E-state index in [1.54, 1.807) is 0 Å². The van der Waals surface area contributed by atoms with Crippen LogP contribution in [0.4, 0.5) is 8.78 Å². The number of benzene rings is 1. The molecule has 0 atom stereocenters. The molecule has 1 N–H and O–H groups in total. The third-order valence-electron chi connectivity index (χ3n) is 2.03. The van der Waals surface area contributed by atoms with Gasteiger partial charge in [-0.25, -0.2) is 4.39 Å². The van der Waals surface area contributed by atoms with Crippen LogP contribution in [0.3, 0.4) is 0 Å². The fourth-order valence-electron chi connectivity index (χ4n) is 1.28. The number of halogens is 3. The van der Waals surface area contributed by atoms with E-state index in [-0.39, 0.29) is 5.56 Å². The van der Waals surface area contributed by atoms with E-state index in [2.05, 4.69) is 20.7 Å². The SMILES string of the molecule is [2H]C([2H])([2H])Oc1cc(CC(=O)CC(=O)O)c(Br)c(F)c1F. The van der Waals surface area contributed by atoms with Crippen LogP contribution in [0.25, 0.3) is 0 Å². The summed E-state index contributed by atoms with van der Waals surface area (Å²) in [5, 5.41) is 8.47. The Morgan fingerprint density at radius 3 is 2.72 bits per heavy atom. The maximum absolute atomic E-state index is 13.6. The van der Waals surface area contributed by atoms with Gasteiger partial charge >= 0.3 is 5.97 Å². The second-order valence-corrected chi connectivity index (χ2v) is 4.16. The van der Waals surface area contributed by atoms with Crippen molar-refractivity contribution in [3.8, 4) is 5.75 Å². The number of carboxylic acids is 1. The maximum Gasteiger partial charge on any atom is 0.310 e. The molecule has 0 bridgehead atoms. The van der Waals surface area contributed by atoms with Crippen LogP contribution in [-0.4, -0.2) is 23.9 Å². The molecule has 7 heteroatoms. The third-order valence-corrected chi connectivity index (χ3v) is 2.89. The zero-order valence-corrected chi connectivity index (χ0v) is 10.4. The van der Waals surface area contributed by atoms with Crippen LogP contribution in [0.15, 0.2) is 10.5 Å². The predicted octanol–water partition coefficient (Wildman–Crippen LogP) is 2.32. The number of methoxy groups -OCH3 is 1. The van der Waals surface area contributed by atoms with Crippen LogP contribution in [0.1, 0.15) is 16.1 Å². The Balaban J connectivity index is 3.15. The van der Waals surface area contributed by atoms with Gasteiger partial charge in [-0.05, 0) is 27.6 Å². The van der Waals surface area contributed by atoms with E-state index in [0.29, 0.717) is 0 Å². The van der Waals surface area contributed by atoms with Crippen LogP contribution in [-0.2, 0) is 16.0 Å². The van der Waals surface area contributed by atoms with Crippen molar-refractivity contribution in [3.05, 3.63) is 27.7 Å². The molecule has 98 valence electrons. The van der Waals surface area contributed by atoms with Crippen LogP contribution >= 0.6 is 15.9 Å². The molecule has 0 fully saturated rings. The van der Waals surface area contributed by atoms with Gasteiger partial charge in [0, 0.05) is 6.42 Å². The minimum atomic E-state index is -3.00.